The van der Waals surface area contributed by atoms with Gasteiger partial charge in [0.15, 0.2) is 5.69 Å². The molecule has 0 saturated heterocycles. The Labute approximate surface area is 121 Å². The van der Waals surface area contributed by atoms with Crippen LogP contribution in [0.2, 0.25) is 0 Å². The number of carbonyl (C=O) groups is 1. The molecule has 1 amide bonds. The summed E-state index contributed by atoms with van der Waals surface area (Å²) in [6, 6.07) is 0. The number of rotatable bonds is 5. The maximum atomic E-state index is 12.8. The second kappa shape index (κ2) is 6.05. The van der Waals surface area contributed by atoms with Gasteiger partial charge in [-0.25, -0.2) is 0 Å². The SMILES string of the molecule is CC(O)CC(C)(C)CNC(=O)c1cn(C)nc1C(F)(F)F. The molecule has 2 N–H and O–H groups in total. The molecule has 1 atom stereocenters. The maximum absolute atomic E-state index is 12.8. The number of aliphatic hydroxyl groups excluding tert-OH is 1. The highest BCUT2D eigenvalue weighted by atomic mass is 19.4. The van der Waals surface area contributed by atoms with Gasteiger partial charge in [0.1, 0.15) is 0 Å². The fourth-order valence-corrected chi connectivity index (χ4v) is 2.15. The van der Waals surface area contributed by atoms with Gasteiger partial charge in [0.2, 0.25) is 0 Å². The number of aryl methyl sites for hydroxylation is 1. The molecule has 0 bridgehead atoms. The zero-order valence-electron chi connectivity index (χ0n) is 12.5. The molecular weight excluding hydrogens is 287 g/mol. The van der Waals surface area contributed by atoms with Crippen LogP contribution in [0.25, 0.3) is 0 Å². The number of alkyl halides is 3. The average molecular weight is 307 g/mol. The van der Waals surface area contributed by atoms with Gasteiger partial charge in [-0.15, -0.1) is 0 Å². The number of hydrogen-bond donors (Lipinski definition) is 2. The van der Waals surface area contributed by atoms with Gasteiger partial charge in [0.25, 0.3) is 5.91 Å². The van der Waals surface area contributed by atoms with Crippen LogP contribution in [0.4, 0.5) is 13.2 Å². The van der Waals surface area contributed by atoms with Crippen LogP contribution in [0.5, 0.6) is 0 Å². The van der Waals surface area contributed by atoms with Crippen molar-refractivity contribution in [2.24, 2.45) is 12.5 Å². The van der Waals surface area contributed by atoms with E-state index >= 15 is 0 Å². The summed E-state index contributed by atoms with van der Waals surface area (Å²) in [5.41, 5.74) is -2.13. The zero-order valence-corrected chi connectivity index (χ0v) is 12.5. The smallest absolute Gasteiger partial charge is 0.393 e. The van der Waals surface area contributed by atoms with Gasteiger partial charge in [-0.1, -0.05) is 13.8 Å². The van der Waals surface area contributed by atoms with E-state index in [4.69, 9.17) is 0 Å². The van der Waals surface area contributed by atoms with Crippen molar-refractivity contribution in [3.8, 4) is 0 Å². The van der Waals surface area contributed by atoms with E-state index in [2.05, 4.69) is 10.4 Å². The van der Waals surface area contributed by atoms with E-state index in [0.29, 0.717) is 6.42 Å². The van der Waals surface area contributed by atoms with E-state index in [9.17, 15) is 23.1 Å². The first-order valence-corrected chi connectivity index (χ1v) is 6.49. The molecule has 5 nitrogen and oxygen atoms in total. The van der Waals surface area contributed by atoms with Crippen LogP contribution in [0.3, 0.4) is 0 Å². The van der Waals surface area contributed by atoms with Crippen molar-refractivity contribution in [3.63, 3.8) is 0 Å². The molecule has 0 aliphatic carbocycles. The van der Waals surface area contributed by atoms with Crippen LogP contribution >= 0.6 is 0 Å². The minimum absolute atomic E-state index is 0.156. The van der Waals surface area contributed by atoms with Crippen LogP contribution < -0.4 is 5.32 Å². The summed E-state index contributed by atoms with van der Waals surface area (Å²) in [6.07, 6.45) is -3.77. The lowest BCUT2D eigenvalue weighted by Crippen LogP contribution is -2.36. The number of nitrogens with zero attached hydrogens (tertiary/aromatic N) is 2. The second-order valence-corrected chi connectivity index (χ2v) is 5.96. The van der Waals surface area contributed by atoms with Crippen LogP contribution in [0.15, 0.2) is 6.20 Å². The third-order valence-electron chi connectivity index (χ3n) is 2.92. The number of nitrogens with one attached hydrogen (secondary N) is 1. The molecular formula is C13H20F3N3O2. The molecule has 8 heteroatoms. The third kappa shape index (κ3) is 5.04. The highest BCUT2D eigenvalue weighted by Crippen LogP contribution is 2.30. The van der Waals surface area contributed by atoms with E-state index in [1.807, 2.05) is 13.8 Å². The van der Waals surface area contributed by atoms with Crippen molar-refractivity contribution in [3.05, 3.63) is 17.5 Å². The fourth-order valence-electron chi connectivity index (χ4n) is 2.15. The lowest BCUT2D eigenvalue weighted by atomic mass is 9.87. The summed E-state index contributed by atoms with van der Waals surface area (Å²) < 4.78 is 39.3. The quantitative estimate of drug-likeness (QED) is 0.874. The first-order valence-electron chi connectivity index (χ1n) is 6.49. The number of aromatic nitrogens is 2. The van der Waals surface area contributed by atoms with Crippen molar-refractivity contribution < 1.29 is 23.1 Å². The number of hydrogen-bond acceptors (Lipinski definition) is 3. The van der Waals surface area contributed by atoms with Crippen molar-refractivity contribution in [1.29, 1.82) is 0 Å². The summed E-state index contributed by atoms with van der Waals surface area (Å²) >= 11 is 0. The molecule has 0 aliphatic rings. The van der Waals surface area contributed by atoms with Gasteiger partial charge in [-0.05, 0) is 18.8 Å². The van der Waals surface area contributed by atoms with Crippen molar-refractivity contribution in [1.82, 2.24) is 15.1 Å². The highest BCUT2D eigenvalue weighted by molar-refractivity contribution is 5.95. The van der Waals surface area contributed by atoms with Crippen LogP contribution in [0.1, 0.15) is 43.2 Å². The summed E-state index contributed by atoms with van der Waals surface area (Å²) in [5, 5.41) is 15.1. The van der Waals surface area contributed by atoms with Crippen LogP contribution in [-0.4, -0.2) is 33.4 Å². The first kappa shape index (κ1) is 17.5. The molecule has 120 valence electrons. The predicted molar refractivity (Wildman–Crippen MR) is 70.6 cm³/mol. The minimum atomic E-state index is -4.68. The lowest BCUT2D eigenvalue weighted by molar-refractivity contribution is -0.141. The van der Waals surface area contributed by atoms with Crippen LogP contribution in [0, 0.1) is 5.41 Å². The fraction of sp³-hybridized carbons (Fsp3) is 0.692. The Morgan fingerprint density at radius 2 is 2.05 bits per heavy atom. The summed E-state index contributed by atoms with van der Waals surface area (Å²) in [4.78, 5) is 11.9. The number of amides is 1. The highest BCUT2D eigenvalue weighted by Gasteiger charge is 2.39. The van der Waals surface area contributed by atoms with Gasteiger partial charge in [-0.2, -0.15) is 18.3 Å². The van der Waals surface area contributed by atoms with Crippen molar-refractivity contribution in [2.75, 3.05) is 6.54 Å². The van der Waals surface area contributed by atoms with Gasteiger partial charge in [0.05, 0.1) is 11.7 Å². The molecule has 0 aromatic carbocycles. The minimum Gasteiger partial charge on any atom is -0.393 e. The summed E-state index contributed by atoms with van der Waals surface area (Å²) in [6.45, 7) is 5.40. The van der Waals surface area contributed by atoms with E-state index < -0.39 is 34.9 Å². The molecule has 0 radical (unpaired) electrons. The lowest BCUT2D eigenvalue weighted by Gasteiger charge is -2.26. The molecule has 1 aromatic rings. The summed E-state index contributed by atoms with van der Waals surface area (Å²) in [7, 11) is 1.32. The van der Waals surface area contributed by atoms with Crippen molar-refractivity contribution >= 4 is 5.91 Å². The van der Waals surface area contributed by atoms with E-state index in [0.717, 1.165) is 10.9 Å². The molecule has 1 unspecified atom stereocenters. The van der Waals surface area contributed by atoms with Crippen LogP contribution in [-0.2, 0) is 13.2 Å². The Balaban J connectivity index is 2.82. The molecule has 0 fully saturated rings. The number of halogens is 3. The van der Waals surface area contributed by atoms with Crippen molar-refractivity contribution in [2.45, 2.75) is 39.5 Å². The Morgan fingerprint density at radius 3 is 2.52 bits per heavy atom. The van der Waals surface area contributed by atoms with Gasteiger partial charge in [0, 0.05) is 19.8 Å². The first-order chi connectivity index (χ1) is 9.42. The van der Waals surface area contributed by atoms with Gasteiger partial charge < -0.3 is 10.4 Å². The number of carbonyl (C=O) groups excluding carboxylic acids is 1. The zero-order chi connectivity index (χ0) is 16.4. The predicted octanol–water partition coefficient (Wildman–Crippen LogP) is 1.97. The Hall–Kier alpha value is -1.57. The van der Waals surface area contributed by atoms with Gasteiger partial charge in [-0.3, -0.25) is 9.48 Å². The topological polar surface area (TPSA) is 67.2 Å². The normalized spacial score (nSPS) is 14.1. The van der Waals surface area contributed by atoms with Gasteiger partial charge >= 0.3 is 6.18 Å². The standard InChI is InChI=1S/C13H20F3N3O2/c1-8(20)5-12(2,3)7-17-11(21)9-6-19(4)18-10(9)13(14,15)16/h6,8,20H,5,7H2,1-4H3,(H,17,21). The molecule has 0 saturated carbocycles. The third-order valence-corrected chi connectivity index (χ3v) is 2.92. The average Bonchev–Trinajstić information content (AvgIpc) is 2.66. The largest absolute Gasteiger partial charge is 0.435 e. The molecule has 1 heterocycles. The summed E-state index contributed by atoms with van der Waals surface area (Å²) in [5.74, 6) is -0.825. The monoisotopic (exact) mass is 307 g/mol. The molecule has 1 rings (SSSR count). The number of aliphatic hydroxyl groups is 1. The Bertz CT molecular complexity index is 507. The molecule has 21 heavy (non-hydrogen) atoms. The Kier molecular flexibility index (Phi) is 5.03. The maximum Gasteiger partial charge on any atom is 0.435 e. The Morgan fingerprint density at radius 1 is 1.48 bits per heavy atom. The van der Waals surface area contributed by atoms with E-state index in [1.165, 1.54) is 7.05 Å². The van der Waals surface area contributed by atoms with E-state index in [1.54, 1.807) is 6.92 Å². The molecule has 0 aliphatic heterocycles. The second-order valence-electron chi connectivity index (χ2n) is 5.96. The molecule has 0 spiro atoms. The van der Waals surface area contributed by atoms with E-state index in [-0.39, 0.29) is 6.54 Å². The molecule has 1 aromatic heterocycles.